The first kappa shape index (κ1) is 12.0. The van der Waals surface area contributed by atoms with E-state index in [0.29, 0.717) is 0 Å². The molecule has 0 aromatic heterocycles. The largest absolute Gasteiger partial charge is 0.287 e. The molecule has 4 heteroatoms. The van der Waals surface area contributed by atoms with E-state index in [1.807, 2.05) is 0 Å². The van der Waals surface area contributed by atoms with Crippen LogP contribution in [0.2, 0.25) is 0 Å². The fourth-order valence-corrected chi connectivity index (χ4v) is 3.90. The standard InChI is InChI=1S/C12H16NOSSi/c1-4-5-10-13(14)11-9(15-10)6-7(2)8(3)12(11)16/h6,10,14H,4-5H2,1-3H3. The van der Waals surface area contributed by atoms with Gasteiger partial charge in [0, 0.05) is 4.90 Å². The number of thioether (sulfide) groups is 1. The van der Waals surface area contributed by atoms with Gasteiger partial charge in [0.1, 0.15) is 5.37 Å². The summed E-state index contributed by atoms with van der Waals surface area (Å²) in [6.45, 7) is 6.32. The molecule has 0 bridgehead atoms. The lowest BCUT2D eigenvalue weighted by Gasteiger charge is -2.20. The third-order valence-electron chi connectivity index (χ3n) is 3.08. The minimum atomic E-state index is 0.163. The summed E-state index contributed by atoms with van der Waals surface area (Å²) in [7, 11) is 3.64. The molecule has 1 unspecified atom stereocenters. The van der Waals surface area contributed by atoms with E-state index in [4.69, 9.17) is 0 Å². The summed E-state index contributed by atoms with van der Waals surface area (Å²) in [5.74, 6) is 0. The molecule has 16 heavy (non-hydrogen) atoms. The highest BCUT2D eigenvalue weighted by Gasteiger charge is 2.30. The molecular formula is C12H16NOSSi. The second kappa shape index (κ2) is 4.43. The SMILES string of the molecule is CCCC1Sc2cc(C)c(C)c([Si])c2N1O. The van der Waals surface area contributed by atoms with Crippen molar-refractivity contribution < 1.29 is 5.21 Å². The van der Waals surface area contributed by atoms with Gasteiger partial charge < -0.3 is 0 Å². The first-order valence-electron chi connectivity index (χ1n) is 5.56. The molecule has 1 atom stereocenters. The Morgan fingerprint density at radius 3 is 2.81 bits per heavy atom. The Bertz CT molecular complexity index is 422. The number of anilines is 1. The third-order valence-corrected chi connectivity index (χ3v) is 4.97. The fraction of sp³-hybridized carbons (Fsp3) is 0.500. The van der Waals surface area contributed by atoms with Gasteiger partial charge in [-0.15, -0.1) is 0 Å². The highest BCUT2D eigenvalue weighted by Crippen LogP contribution is 2.43. The van der Waals surface area contributed by atoms with Crippen LogP contribution in [0.4, 0.5) is 5.69 Å². The van der Waals surface area contributed by atoms with Crippen molar-refractivity contribution in [3.05, 3.63) is 17.2 Å². The number of fused-ring (bicyclic) bond motifs is 1. The van der Waals surface area contributed by atoms with E-state index in [2.05, 4.69) is 37.1 Å². The van der Waals surface area contributed by atoms with E-state index in [9.17, 15) is 5.21 Å². The van der Waals surface area contributed by atoms with Crippen molar-refractivity contribution in [3.63, 3.8) is 0 Å². The van der Waals surface area contributed by atoms with Crippen LogP contribution in [0.3, 0.4) is 0 Å². The second-order valence-electron chi connectivity index (χ2n) is 4.25. The molecule has 1 aromatic rings. The predicted octanol–water partition coefficient (Wildman–Crippen LogP) is 2.52. The van der Waals surface area contributed by atoms with Crippen molar-refractivity contribution in [1.29, 1.82) is 0 Å². The number of rotatable bonds is 2. The van der Waals surface area contributed by atoms with Crippen molar-refractivity contribution in [3.8, 4) is 0 Å². The molecule has 1 N–H and O–H groups in total. The van der Waals surface area contributed by atoms with Gasteiger partial charge in [-0.2, -0.15) is 0 Å². The van der Waals surface area contributed by atoms with Crippen LogP contribution in [-0.2, 0) is 0 Å². The summed E-state index contributed by atoms with van der Waals surface area (Å²) in [5.41, 5.74) is 3.40. The molecule has 3 radical (unpaired) electrons. The first-order valence-corrected chi connectivity index (χ1v) is 6.94. The molecular weight excluding hydrogens is 234 g/mol. The van der Waals surface area contributed by atoms with Gasteiger partial charge in [0.25, 0.3) is 0 Å². The van der Waals surface area contributed by atoms with Gasteiger partial charge in [0.15, 0.2) is 0 Å². The van der Waals surface area contributed by atoms with E-state index in [1.165, 1.54) is 21.1 Å². The molecule has 0 spiro atoms. The lowest BCUT2D eigenvalue weighted by molar-refractivity contribution is 0.244. The van der Waals surface area contributed by atoms with E-state index in [0.717, 1.165) is 23.7 Å². The third kappa shape index (κ3) is 1.79. The van der Waals surface area contributed by atoms with Crippen LogP contribution in [-0.4, -0.2) is 20.8 Å². The number of nitrogens with zero attached hydrogens (tertiary/aromatic N) is 1. The fourth-order valence-electron chi connectivity index (χ4n) is 1.96. The van der Waals surface area contributed by atoms with Gasteiger partial charge >= 0.3 is 0 Å². The highest BCUT2D eigenvalue weighted by atomic mass is 32.2. The van der Waals surface area contributed by atoms with Crippen LogP contribution >= 0.6 is 11.8 Å². The van der Waals surface area contributed by atoms with Crippen LogP contribution in [0.1, 0.15) is 30.9 Å². The quantitative estimate of drug-likeness (QED) is 0.816. The number of hydrogen-bond donors (Lipinski definition) is 1. The normalized spacial score (nSPS) is 19.1. The molecule has 0 fully saturated rings. The molecule has 0 amide bonds. The zero-order valence-corrected chi connectivity index (χ0v) is 11.7. The van der Waals surface area contributed by atoms with Gasteiger partial charge in [-0.3, -0.25) is 5.21 Å². The van der Waals surface area contributed by atoms with Gasteiger partial charge in [0.05, 0.1) is 15.9 Å². The Labute approximate surface area is 104 Å². The van der Waals surface area contributed by atoms with E-state index in [-0.39, 0.29) is 5.37 Å². The summed E-state index contributed by atoms with van der Waals surface area (Å²) in [6, 6.07) is 2.16. The van der Waals surface area contributed by atoms with E-state index >= 15 is 0 Å². The molecule has 1 aliphatic rings. The maximum Gasteiger partial charge on any atom is 0.106 e. The minimum absolute atomic E-state index is 0.163. The molecule has 0 aliphatic carbocycles. The van der Waals surface area contributed by atoms with Crippen molar-refractivity contribution in [1.82, 2.24) is 0 Å². The average Bonchev–Trinajstić information content (AvgIpc) is 2.53. The maximum atomic E-state index is 10.1. The Balaban J connectivity index is 2.44. The second-order valence-corrected chi connectivity index (χ2v) is 5.97. The van der Waals surface area contributed by atoms with Crippen LogP contribution in [0, 0.1) is 13.8 Å². The molecule has 85 valence electrons. The van der Waals surface area contributed by atoms with Crippen molar-refractivity contribution in [2.24, 2.45) is 0 Å². The van der Waals surface area contributed by atoms with Gasteiger partial charge in [-0.25, -0.2) is 5.06 Å². The summed E-state index contributed by atoms with van der Waals surface area (Å²) in [5, 5.41) is 12.7. The van der Waals surface area contributed by atoms with E-state index in [1.54, 1.807) is 11.8 Å². The maximum absolute atomic E-state index is 10.1. The molecule has 2 nitrogen and oxygen atoms in total. The molecule has 1 aromatic carbocycles. The topological polar surface area (TPSA) is 23.5 Å². The Morgan fingerprint density at radius 2 is 2.19 bits per heavy atom. The van der Waals surface area contributed by atoms with Crippen molar-refractivity contribution >= 4 is 32.9 Å². The number of hydrogen-bond acceptors (Lipinski definition) is 3. The molecule has 0 saturated carbocycles. The Hall–Kier alpha value is -0.453. The summed E-state index contributed by atoms with van der Waals surface area (Å²) in [4.78, 5) is 1.18. The number of benzene rings is 1. The van der Waals surface area contributed by atoms with Crippen molar-refractivity contribution in [2.75, 3.05) is 5.06 Å². The monoisotopic (exact) mass is 250 g/mol. The lowest BCUT2D eigenvalue weighted by atomic mass is 10.1. The van der Waals surface area contributed by atoms with E-state index < -0.39 is 0 Å². The lowest BCUT2D eigenvalue weighted by Crippen LogP contribution is -2.29. The van der Waals surface area contributed by atoms with Gasteiger partial charge in [-0.1, -0.05) is 25.1 Å². The molecule has 1 aliphatic heterocycles. The molecule has 1 heterocycles. The van der Waals surface area contributed by atoms with Crippen LogP contribution in [0.25, 0.3) is 0 Å². The Morgan fingerprint density at radius 1 is 1.50 bits per heavy atom. The van der Waals surface area contributed by atoms with Gasteiger partial charge in [-0.05, 0) is 42.6 Å². The predicted molar refractivity (Wildman–Crippen MR) is 70.1 cm³/mol. The van der Waals surface area contributed by atoms with Crippen molar-refractivity contribution in [2.45, 2.75) is 43.9 Å². The molecule has 2 rings (SSSR count). The summed E-state index contributed by atoms with van der Waals surface area (Å²) in [6.07, 6.45) is 2.08. The zero-order chi connectivity index (χ0) is 11.9. The van der Waals surface area contributed by atoms with Gasteiger partial charge in [0.2, 0.25) is 0 Å². The Kier molecular flexibility index (Phi) is 3.33. The minimum Gasteiger partial charge on any atom is -0.287 e. The number of hydroxylamine groups is 1. The van der Waals surface area contributed by atoms with Crippen LogP contribution < -0.4 is 10.2 Å². The van der Waals surface area contributed by atoms with Crippen LogP contribution in [0.15, 0.2) is 11.0 Å². The van der Waals surface area contributed by atoms with Crippen LogP contribution in [0.5, 0.6) is 0 Å². The average molecular weight is 250 g/mol. The highest BCUT2D eigenvalue weighted by molar-refractivity contribution is 8.00. The smallest absolute Gasteiger partial charge is 0.106 e. The molecule has 0 saturated heterocycles. The zero-order valence-electron chi connectivity index (χ0n) is 9.87. The summed E-state index contributed by atoms with van der Waals surface area (Å²) < 4.78 is 0. The summed E-state index contributed by atoms with van der Waals surface area (Å²) >= 11 is 1.75. The first-order chi connectivity index (χ1) is 7.56. The number of aryl methyl sites for hydroxylation is 1.